The number of ether oxygens (including phenoxy) is 3. The number of hydrogen-bond donors (Lipinski definition) is 0. The van der Waals surface area contributed by atoms with Crippen molar-refractivity contribution in [3.8, 4) is 11.5 Å². The molecule has 9 heteroatoms. The summed E-state index contributed by atoms with van der Waals surface area (Å²) in [6, 6.07) is 19.9. The van der Waals surface area contributed by atoms with Gasteiger partial charge in [-0.25, -0.2) is 9.40 Å². The smallest absolute Gasteiger partial charge is 0.262 e. The molecule has 0 spiro atoms. The summed E-state index contributed by atoms with van der Waals surface area (Å²) in [6.45, 7) is 0.0963. The molecule has 0 unspecified atom stereocenters. The van der Waals surface area contributed by atoms with Crippen molar-refractivity contribution in [2.24, 2.45) is 5.10 Å². The monoisotopic (exact) mass is 519 g/mol. The topological polar surface area (TPSA) is 80.7 Å². The van der Waals surface area contributed by atoms with E-state index in [0.29, 0.717) is 23.6 Å². The molecule has 0 bridgehead atoms. The van der Waals surface area contributed by atoms with Crippen molar-refractivity contribution < 1.29 is 28.2 Å². The molecule has 0 saturated heterocycles. The number of carbonyl (C=O) groups is 2. The van der Waals surface area contributed by atoms with Crippen molar-refractivity contribution in [3.05, 3.63) is 95.3 Å². The molecule has 0 aliphatic carbocycles. The third-order valence-electron chi connectivity index (χ3n) is 6.32. The van der Waals surface area contributed by atoms with E-state index in [4.69, 9.17) is 19.3 Å². The van der Waals surface area contributed by atoms with Crippen LogP contribution in [0.15, 0.2) is 77.9 Å². The van der Waals surface area contributed by atoms with Crippen LogP contribution >= 0.6 is 0 Å². The zero-order chi connectivity index (χ0) is 27.1. The second-order valence-corrected chi connectivity index (χ2v) is 8.71. The SMILES string of the molecule is COCCN(CC(=O)N1N=C(c2cccc(OC)c2)C[C@@H]1c1ccccc1OC)C(=O)c1cccc(F)c1. The van der Waals surface area contributed by atoms with Crippen LogP contribution in [0.5, 0.6) is 11.5 Å². The largest absolute Gasteiger partial charge is 0.497 e. The van der Waals surface area contributed by atoms with E-state index >= 15 is 0 Å². The van der Waals surface area contributed by atoms with Gasteiger partial charge < -0.3 is 19.1 Å². The summed E-state index contributed by atoms with van der Waals surface area (Å²) in [5, 5.41) is 6.11. The Morgan fingerprint density at radius 2 is 1.79 bits per heavy atom. The molecule has 0 aromatic heterocycles. The maximum atomic E-state index is 13.8. The molecule has 1 atom stereocenters. The average Bonchev–Trinajstić information content (AvgIpc) is 3.40. The van der Waals surface area contributed by atoms with E-state index in [1.807, 2.05) is 48.5 Å². The standard InChI is InChI=1S/C29H30FN3O5/c1-36-15-14-32(29(35)21-9-6-10-22(30)16-21)19-28(34)33-26(24-12-4-5-13-27(24)38-3)18-25(31-33)20-8-7-11-23(17-20)37-2/h4-13,16-17,26H,14-15,18-19H2,1-3H3/t26-/m1/s1. The molecule has 1 heterocycles. The predicted molar refractivity (Wildman–Crippen MR) is 141 cm³/mol. The summed E-state index contributed by atoms with van der Waals surface area (Å²) in [4.78, 5) is 28.3. The van der Waals surface area contributed by atoms with Crippen LogP contribution in [0.1, 0.15) is 33.9 Å². The molecule has 0 saturated carbocycles. The lowest BCUT2D eigenvalue weighted by molar-refractivity contribution is -0.133. The van der Waals surface area contributed by atoms with E-state index in [9.17, 15) is 14.0 Å². The maximum absolute atomic E-state index is 13.8. The van der Waals surface area contributed by atoms with Gasteiger partial charge in [0, 0.05) is 36.8 Å². The number of methoxy groups -OCH3 is 3. The number of hydrazone groups is 1. The number of rotatable bonds is 10. The fraction of sp³-hybridized carbons (Fsp3) is 0.276. The van der Waals surface area contributed by atoms with Gasteiger partial charge >= 0.3 is 0 Å². The molecule has 3 aromatic carbocycles. The van der Waals surface area contributed by atoms with Crippen LogP contribution in [-0.2, 0) is 9.53 Å². The van der Waals surface area contributed by atoms with Gasteiger partial charge in [0.25, 0.3) is 11.8 Å². The molecular formula is C29H30FN3O5. The average molecular weight is 520 g/mol. The Bertz CT molecular complexity index is 1330. The highest BCUT2D eigenvalue weighted by atomic mass is 19.1. The first-order chi connectivity index (χ1) is 18.4. The van der Waals surface area contributed by atoms with Crippen LogP contribution in [0.2, 0.25) is 0 Å². The summed E-state index contributed by atoms with van der Waals surface area (Å²) in [6.07, 6.45) is 0.440. The van der Waals surface area contributed by atoms with Gasteiger partial charge in [-0.1, -0.05) is 36.4 Å². The van der Waals surface area contributed by atoms with Crippen molar-refractivity contribution in [2.45, 2.75) is 12.5 Å². The molecule has 1 aliphatic heterocycles. The van der Waals surface area contributed by atoms with Gasteiger partial charge in [0.15, 0.2) is 0 Å². The first kappa shape index (κ1) is 26.8. The second kappa shape index (κ2) is 12.3. The van der Waals surface area contributed by atoms with Crippen molar-refractivity contribution in [2.75, 3.05) is 41.0 Å². The van der Waals surface area contributed by atoms with E-state index in [1.165, 1.54) is 35.2 Å². The Morgan fingerprint density at radius 1 is 1.00 bits per heavy atom. The molecule has 2 amide bonds. The van der Waals surface area contributed by atoms with Crippen molar-refractivity contribution >= 4 is 17.5 Å². The highest BCUT2D eigenvalue weighted by Crippen LogP contribution is 2.37. The van der Waals surface area contributed by atoms with Gasteiger partial charge in [-0.3, -0.25) is 9.59 Å². The van der Waals surface area contributed by atoms with Gasteiger partial charge in [0.05, 0.1) is 32.6 Å². The van der Waals surface area contributed by atoms with Crippen molar-refractivity contribution in [1.29, 1.82) is 0 Å². The lowest BCUT2D eigenvalue weighted by Crippen LogP contribution is -2.42. The lowest BCUT2D eigenvalue weighted by atomic mass is 9.97. The maximum Gasteiger partial charge on any atom is 0.262 e. The summed E-state index contributed by atoms with van der Waals surface area (Å²) in [5.41, 5.74) is 2.47. The number of amides is 2. The molecule has 0 radical (unpaired) electrons. The number of nitrogens with zero attached hydrogens (tertiary/aromatic N) is 3. The first-order valence-electron chi connectivity index (χ1n) is 12.2. The summed E-state index contributed by atoms with van der Waals surface area (Å²) in [5.74, 6) is -0.0866. The molecule has 3 aromatic rings. The molecule has 38 heavy (non-hydrogen) atoms. The highest BCUT2D eigenvalue weighted by molar-refractivity contribution is 6.04. The van der Waals surface area contributed by atoms with E-state index in [2.05, 4.69) is 0 Å². The third kappa shape index (κ3) is 6.00. The Balaban J connectivity index is 1.67. The molecule has 0 N–H and O–H groups in total. The molecule has 1 aliphatic rings. The number of halogens is 1. The van der Waals surface area contributed by atoms with Crippen LogP contribution in [0.4, 0.5) is 4.39 Å². The van der Waals surface area contributed by atoms with Crippen LogP contribution in [0.3, 0.4) is 0 Å². The molecular weight excluding hydrogens is 489 g/mol. The Labute approximate surface area is 221 Å². The Morgan fingerprint density at radius 3 is 2.53 bits per heavy atom. The van der Waals surface area contributed by atoms with E-state index in [0.717, 1.165) is 17.2 Å². The molecule has 198 valence electrons. The third-order valence-corrected chi connectivity index (χ3v) is 6.32. The Kier molecular flexibility index (Phi) is 8.70. The van der Waals surface area contributed by atoms with Crippen molar-refractivity contribution in [1.82, 2.24) is 9.91 Å². The number of carbonyl (C=O) groups excluding carboxylic acids is 2. The fourth-order valence-electron chi connectivity index (χ4n) is 4.40. The summed E-state index contributed by atoms with van der Waals surface area (Å²) in [7, 11) is 4.68. The van der Waals surface area contributed by atoms with E-state index in [1.54, 1.807) is 14.2 Å². The van der Waals surface area contributed by atoms with Gasteiger partial charge in [-0.05, 0) is 36.4 Å². The van der Waals surface area contributed by atoms with Crippen molar-refractivity contribution in [3.63, 3.8) is 0 Å². The Hall–Kier alpha value is -4.24. The highest BCUT2D eigenvalue weighted by Gasteiger charge is 2.36. The zero-order valence-corrected chi connectivity index (χ0v) is 21.6. The molecule has 8 nitrogen and oxygen atoms in total. The predicted octanol–water partition coefficient (Wildman–Crippen LogP) is 4.31. The van der Waals surface area contributed by atoms with Crippen LogP contribution in [0.25, 0.3) is 0 Å². The van der Waals surface area contributed by atoms with Crippen LogP contribution in [0, 0.1) is 5.82 Å². The van der Waals surface area contributed by atoms with E-state index < -0.39 is 17.8 Å². The normalized spacial score (nSPS) is 14.7. The minimum absolute atomic E-state index is 0.150. The quantitative estimate of drug-likeness (QED) is 0.399. The second-order valence-electron chi connectivity index (χ2n) is 8.71. The minimum Gasteiger partial charge on any atom is -0.497 e. The molecule has 0 fully saturated rings. The minimum atomic E-state index is -0.530. The van der Waals surface area contributed by atoms with Gasteiger partial charge in [0.1, 0.15) is 23.9 Å². The fourth-order valence-corrected chi connectivity index (χ4v) is 4.40. The van der Waals surface area contributed by atoms with Gasteiger partial charge in [0.2, 0.25) is 0 Å². The van der Waals surface area contributed by atoms with Gasteiger partial charge in [-0.2, -0.15) is 5.10 Å². The number of benzene rings is 3. The zero-order valence-electron chi connectivity index (χ0n) is 21.6. The molecule has 4 rings (SSSR count). The number of para-hydroxylation sites is 1. The van der Waals surface area contributed by atoms with Gasteiger partial charge in [-0.15, -0.1) is 0 Å². The van der Waals surface area contributed by atoms with E-state index in [-0.39, 0.29) is 31.2 Å². The van der Waals surface area contributed by atoms with Crippen LogP contribution in [-0.4, -0.2) is 68.5 Å². The summed E-state index contributed by atoms with van der Waals surface area (Å²) < 4.78 is 29.9. The summed E-state index contributed by atoms with van der Waals surface area (Å²) >= 11 is 0. The lowest BCUT2D eigenvalue weighted by Gasteiger charge is -2.27. The van der Waals surface area contributed by atoms with Crippen LogP contribution < -0.4 is 9.47 Å². The first-order valence-corrected chi connectivity index (χ1v) is 12.2. The number of hydrogen-bond acceptors (Lipinski definition) is 6.